The van der Waals surface area contributed by atoms with Crippen LogP contribution in [0.15, 0.2) is 24.3 Å². The van der Waals surface area contributed by atoms with E-state index in [1.165, 1.54) is 0 Å². The minimum atomic E-state index is -4.14. The van der Waals surface area contributed by atoms with Gasteiger partial charge in [0.25, 0.3) is 0 Å². The lowest BCUT2D eigenvalue weighted by molar-refractivity contribution is -0.163. The second-order valence-electron chi connectivity index (χ2n) is 4.66. The van der Waals surface area contributed by atoms with Gasteiger partial charge in [-0.25, -0.2) is 0 Å². The zero-order valence-electron chi connectivity index (χ0n) is 9.72. The van der Waals surface area contributed by atoms with E-state index in [1.807, 2.05) is 31.2 Å². The van der Waals surface area contributed by atoms with Crippen molar-refractivity contribution in [3.8, 4) is 0 Å². The lowest BCUT2D eigenvalue weighted by atomic mass is 9.93. The fourth-order valence-corrected chi connectivity index (χ4v) is 2.26. The molecule has 2 atom stereocenters. The number of rotatable bonds is 1. The molecule has 1 saturated heterocycles. The van der Waals surface area contributed by atoms with E-state index in [1.54, 1.807) is 0 Å². The highest BCUT2D eigenvalue weighted by Crippen LogP contribution is 2.32. The first-order valence-electron chi connectivity index (χ1n) is 5.86. The number of nitrogens with one attached hydrogen (secondary N) is 1. The molecule has 94 valence electrons. The number of hydrogen-bond acceptors (Lipinski definition) is 1. The summed E-state index contributed by atoms with van der Waals surface area (Å²) in [6, 6.07) is 6.17. The molecule has 0 bridgehead atoms. The molecule has 0 radical (unpaired) electrons. The number of hydrogen-bond donors (Lipinski definition) is 1. The molecule has 2 unspecified atom stereocenters. The van der Waals surface area contributed by atoms with Crippen LogP contribution in [0.5, 0.6) is 0 Å². The van der Waals surface area contributed by atoms with E-state index in [4.69, 9.17) is 0 Å². The van der Waals surface area contributed by atoms with E-state index in [9.17, 15) is 13.2 Å². The summed E-state index contributed by atoms with van der Waals surface area (Å²) < 4.78 is 37.9. The Hall–Kier alpha value is -1.03. The van der Waals surface area contributed by atoms with Gasteiger partial charge in [0.1, 0.15) is 6.04 Å². The van der Waals surface area contributed by atoms with Crippen LogP contribution in [0, 0.1) is 6.92 Å². The predicted octanol–water partition coefficient (Wildman–Crippen LogP) is 3.74. The van der Waals surface area contributed by atoms with Gasteiger partial charge in [0.2, 0.25) is 0 Å². The van der Waals surface area contributed by atoms with Crippen molar-refractivity contribution < 1.29 is 13.2 Å². The Kier molecular flexibility index (Phi) is 3.43. The average molecular weight is 243 g/mol. The maximum atomic E-state index is 12.6. The van der Waals surface area contributed by atoms with Gasteiger partial charge in [-0.1, -0.05) is 29.8 Å². The number of benzene rings is 1. The highest BCUT2D eigenvalue weighted by atomic mass is 19.4. The highest BCUT2D eigenvalue weighted by Gasteiger charge is 2.42. The SMILES string of the molecule is Cc1ccc(C2CCCC(C(F)(F)F)N2)cc1. The van der Waals surface area contributed by atoms with E-state index in [0.29, 0.717) is 6.42 Å². The zero-order valence-corrected chi connectivity index (χ0v) is 9.72. The molecule has 0 aliphatic carbocycles. The fraction of sp³-hybridized carbons (Fsp3) is 0.538. The monoisotopic (exact) mass is 243 g/mol. The van der Waals surface area contributed by atoms with Crippen molar-refractivity contribution >= 4 is 0 Å². The standard InChI is InChI=1S/C13H16F3N/c1-9-5-7-10(8-6-9)11-3-2-4-12(17-11)13(14,15)16/h5-8,11-12,17H,2-4H2,1H3. The molecule has 1 heterocycles. The lowest BCUT2D eigenvalue weighted by Crippen LogP contribution is -2.46. The van der Waals surface area contributed by atoms with Crippen LogP contribution >= 0.6 is 0 Å². The summed E-state index contributed by atoms with van der Waals surface area (Å²) in [6.45, 7) is 1.97. The summed E-state index contributed by atoms with van der Waals surface area (Å²) in [4.78, 5) is 0. The summed E-state index contributed by atoms with van der Waals surface area (Å²) in [7, 11) is 0. The van der Waals surface area contributed by atoms with Crippen molar-refractivity contribution in [2.45, 2.75) is 44.4 Å². The van der Waals surface area contributed by atoms with E-state index in [0.717, 1.165) is 17.5 Å². The highest BCUT2D eigenvalue weighted by molar-refractivity contribution is 5.24. The molecule has 1 aliphatic heterocycles. The second kappa shape index (κ2) is 4.69. The van der Waals surface area contributed by atoms with Crippen LogP contribution in [-0.4, -0.2) is 12.2 Å². The number of alkyl halides is 3. The summed E-state index contributed by atoms with van der Waals surface area (Å²) >= 11 is 0. The van der Waals surface area contributed by atoms with Gasteiger partial charge in [-0.3, -0.25) is 5.32 Å². The van der Waals surface area contributed by atoms with Gasteiger partial charge in [-0.05, 0) is 31.7 Å². The van der Waals surface area contributed by atoms with Gasteiger partial charge in [0.05, 0.1) is 0 Å². The van der Waals surface area contributed by atoms with E-state index < -0.39 is 12.2 Å². The molecule has 1 aromatic rings. The third kappa shape index (κ3) is 3.00. The molecule has 0 saturated carbocycles. The Morgan fingerprint density at radius 2 is 1.76 bits per heavy atom. The largest absolute Gasteiger partial charge is 0.403 e. The van der Waals surface area contributed by atoms with Crippen molar-refractivity contribution in [1.82, 2.24) is 5.32 Å². The molecule has 17 heavy (non-hydrogen) atoms. The Morgan fingerprint density at radius 3 is 2.35 bits per heavy atom. The van der Waals surface area contributed by atoms with Gasteiger partial charge in [0.15, 0.2) is 0 Å². The molecule has 4 heteroatoms. The average Bonchev–Trinajstić information content (AvgIpc) is 2.29. The van der Waals surface area contributed by atoms with Crippen molar-refractivity contribution in [3.05, 3.63) is 35.4 Å². The summed E-state index contributed by atoms with van der Waals surface area (Å²) in [5.74, 6) is 0. The molecule has 1 aliphatic rings. The van der Waals surface area contributed by atoms with Gasteiger partial charge in [-0.2, -0.15) is 13.2 Å². The normalized spacial score (nSPS) is 25.9. The van der Waals surface area contributed by atoms with Crippen LogP contribution in [0.4, 0.5) is 13.2 Å². The maximum absolute atomic E-state index is 12.6. The smallest absolute Gasteiger partial charge is 0.299 e. The van der Waals surface area contributed by atoms with Crippen molar-refractivity contribution in [3.63, 3.8) is 0 Å². The number of aryl methyl sites for hydroxylation is 1. The van der Waals surface area contributed by atoms with Crippen LogP contribution < -0.4 is 5.32 Å². The summed E-state index contributed by atoms with van der Waals surface area (Å²) in [6.07, 6.45) is -2.55. The molecule has 1 aromatic carbocycles. The first-order valence-corrected chi connectivity index (χ1v) is 5.86. The quantitative estimate of drug-likeness (QED) is 0.792. The molecule has 0 spiro atoms. The Balaban J connectivity index is 2.09. The third-order valence-electron chi connectivity index (χ3n) is 3.26. The molecule has 1 fully saturated rings. The molecule has 2 rings (SSSR count). The van der Waals surface area contributed by atoms with Crippen molar-refractivity contribution in [1.29, 1.82) is 0 Å². The first kappa shape index (κ1) is 12.4. The zero-order chi connectivity index (χ0) is 12.5. The number of halogens is 3. The third-order valence-corrected chi connectivity index (χ3v) is 3.26. The summed E-state index contributed by atoms with van der Waals surface area (Å²) in [5.41, 5.74) is 2.07. The molecule has 1 nitrogen and oxygen atoms in total. The maximum Gasteiger partial charge on any atom is 0.403 e. The van der Waals surface area contributed by atoms with Crippen LogP contribution in [0.25, 0.3) is 0 Å². The molecule has 0 amide bonds. The number of piperidine rings is 1. The second-order valence-corrected chi connectivity index (χ2v) is 4.66. The molecule has 1 N–H and O–H groups in total. The van der Waals surface area contributed by atoms with Crippen LogP contribution in [0.3, 0.4) is 0 Å². The fourth-order valence-electron chi connectivity index (χ4n) is 2.26. The Bertz CT molecular complexity index is 369. The first-order chi connectivity index (χ1) is 7.97. The minimum Gasteiger partial charge on any atom is -0.299 e. The van der Waals surface area contributed by atoms with Crippen molar-refractivity contribution in [2.24, 2.45) is 0 Å². The van der Waals surface area contributed by atoms with E-state index >= 15 is 0 Å². The molecule has 0 aromatic heterocycles. The van der Waals surface area contributed by atoms with Gasteiger partial charge < -0.3 is 0 Å². The lowest BCUT2D eigenvalue weighted by Gasteiger charge is -2.32. The van der Waals surface area contributed by atoms with Crippen LogP contribution in [-0.2, 0) is 0 Å². The van der Waals surface area contributed by atoms with Gasteiger partial charge >= 0.3 is 6.18 Å². The molecular formula is C13H16F3N. The van der Waals surface area contributed by atoms with Crippen LogP contribution in [0.1, 0.15) is 36.4 Å². The topological polar surface area (TPSA) is 12.0 Å². The van der Waals surface area contributed by atoms with Crippen LogP contribution in [0.2, 0.25) is 0 Å². The molecular weight excluding hydrogens is 227 g/mol. The predicted molar refractivity (Wildman–Crippen MR) is 60.7 cm³/mol. The van der Waals surface area contributed by atoms with E-state index in [-0.39, 0.29) is 12.5 Å². The Labute approximate surface area is 99.0 Å². The Morgan fingerprint density at radius 1 is 1.12 bits per heavy atom. The summed E-state index contributed by atoms with van der Waals surface area (Å²) in [5, 5.41) is 2.70. The van der Waals surface area contributed by atoms with Crippen molar-refractivity contribution in [2.75, 3.05) is 0 Å². The van der Waals surface area contributed by atoms with Gasteiger partial charge in [-0.15, -0.1) is 0 Å². The van der Waals surface area contributed by atoms with E-state index in [2.05, 4.69) is 5.32 Å². The van der Waals surface area contributed by atoms with Gasteiger partial charge in [0, 0.05) is 6.04 Å². The minimum absolute atomic E-state index is 0.170.